The molecule has 2 saturated heterocycles. The van der Waals surface area contributed by atoms with Crippen molar-refractivity contribution < 1.29 is 26.5 Å². The number of sulfonamides is 1. The van der Waals surface area contributed by atoms with Gasteiger partial charge in [-0.25, -0.2) is 17.2 Å². The second-order valence-corrected chi connectivity index (χ2v) is 12.7. The monoisotopic (exact) mass is 584 g/mol. The van der Waals surface area contributed by atoms with Crippen LogP contribution in [-0.4, -0.2) is 67.5 Å². The molecule has 1 atom stereocenters. The molecule has 218 valence electrons. The summed E-state index contributed by atoms with van der Waals surface area (Å²) in [6.07, 6.45) is 3.47. The Hall–Kier alpha value is -3.57. The Balaban J connectivity index is 1.22. The van der Waals surface area contributed by atoms with Crippen molar-refractivity contribution in [2.24, 2.45) is 5.92 Å². The number of hydrogen-bond donors (Lipinski definition) is 0. The third kappa shape index (κ3) is 6.06. The van der Waals surface area contributed by atoms with Gasteiger partial charge in [-0.1, -0.05) is 17.3 Å². The summed E-state index contributed by atoms with van der Waals surface area (Å²) < 4.78 is 61.1. The van der Waals surface area contributed by atoms with Crippen LogP contribution >= 0.6 is 0 Å². The van der Waals surface area contributed by atoms with E-state index in [9.17, 15) is 22.0 Å². The lowest BCUT2D eigenvalue weighted by Crippen LogP contribution is -2.55. The zero-order chi connectivity index (χ0) is 29.3. The molecule has 0 N–H and O–H groups in total. The smallest absolute Gasteiger partial charge is 0.248 e. The van der Waals surface area contributed by atoms with Gasteiger partial charge in [-0.15, -0.1) is 0 Å². The summed E-state index contributed by atoms with van der Waals surface area (Å²) in [5, 5.41) is 3.82. The van der Waals surface area contributed by atoms with Crippen LogP contribution in [-0.2, 0) is 14.8 Å². The highest BCUT2D eigenvalue weighted by Crippen LogP contribution is 2.31. The maximum atomic E-state index is 14.1. The molecule has 8 nitrogen and oxygen atoms in total. The number of aryl methyl sites for hydroxylation is 2. The Kier molecular flexibility index (Phi) is 8.28. The Bertz CT molecular complexity index is 1560. The first kappa shape index (κ1) is 28.9. The maximum Gasteiger partial charge on any atom is 0.248 e. The number of anilines is 1. The van der Waals surface area contributed by atoms with E-state index in [1.54, 1.807) is 0 Å². The van der Waals surface area contributed by atoms with Crippen molar-refractivity contribution in [3.63, 3.8) is 0 Å². The quantitative estimate of drug-likeness (QED) is 0.411. The Morgan fingerprint density at radius 2 is 1.78 bits per heavy atom. The van der Waals surface area contributed by atoms with Crippen LogP contribution in [0.1, 0.15) is 42.3 Å². The molecule has 0 aliphatic carbocycles. The SMILES string of the molecule is Cc1cccc(N2CCN(C(=O)C3CCN(S(=O)(=O)c4c(C)noc4C=Cc4ccc(F)cc4F)CC3)CC2C)c1. The van der Waals surface area contributed by atoms with Gasteiger partial charge in [0.25, 0.3) is 0 Å². The molecule has 0 saturated carbocycles. The van der Waals surface area contributed by atoms with E-state index in [1.165, 1.54) is 35.0 Å². The maximum absolute atomic E-state index is 14.1. The van der Waals surface area contributed by atoms with Crippen molar-refractivity contribution in [3.8, 4) is 0 Å². The molecule has 2 fully saturated rings. The molecule has 1 unspecified atom stereocenters. The summed E-state index contributed by atoms with van der Waals surface area (Å²) in [5.41, 5.74) is 2.62. The fourth-order valence-corrected chi connectivity index (χ4v) is 7.40. The van der Waals surface area contributed by atoms with Gasteiger partial charge < -0.3 is 14.3 Å². The summed E-state index contributed by atoms with van der Waals surface area (Å²) in [7, 11) is -3.98. The second kappa shape index (κ2) is 11.7. The molecule has 1 aromatic heterocycles. The van der Waals surface area contributed by atoms with Crippen molar-refractivity contribution in [3.05, 3.63) is 76.7 Å². The number of carbonyl (C=O) groups excluding carboxylic acids is 1. The van der Waals surface area contributed by atoms with E-state index in [4.69, 9.17) is 4.52 Å². The average molecular weight is 585 g/mol. The number of carbonyl (C=O) groups is 1. The predicted octanol–water partition coefficient (Wildman–Crippen LogP) is 4.88. The largest absolute Gasteiger partial charge is 0.365 e. The van der Waals surface area contributed by atoms with Gasteiger partial charge >= 0.3 is 0 Å². The molecular weight excluding hydrogens is 550 g/mol. The fourth-order valence-electron chi connectivity index (χ4n) is 5.68. The molecule has 3 heterocycles. The fraction of sp³-hybridized carbons (Fsp3) is 0.400. The van der Waals surface area contributed by atoms with Crippen molar-refractivity contribution in [1.82, 2.24) is 14.4 Å². The molecule has 2 aliphatic heterocycles. The molecule has 0 spiro atoms. The molecule has 1 amide bonds. The number of aromatic nitrogens is 1. The van der Waals surface area contributed by atoms with E-state index < -0.39 is 21.7 Å². The Labute approximate surface area is 239 Å². The Morgan fingerprint density at radius 1 is 1.02 bits per heavy atom. The average Bonchev–Trinajstić information content (AvgIpc) is 3.33. The number of amides is 1. The zero-order valence-corrected chi connectivity index (χ0v) is 24.2. The van der Waals surface area contributed by atoms with Crippen LogP contribution in [0, 0.1) is 31.4 Å². The van der Waals surface area contributed by atoms with Crippen molar-refractivity contribution in [2.45, 2.75) is 44.6 Å². The highest BCUT2D eigenvalue weighted by atomic mass is 32.2. The Morgan fingerprint density at radius 3 is 2.46 bits per heavy atom. The molecule has 2 aromatic carbocycles. The summed E-state index contributed by atoms with van der Waals surface area (Å²) in [5.74, 6) is -1.70. The molecule has 3 aromatic rings. The van der Waals surface area contributed by atoms with Crippen LogP contribution in [0.5, 0.6) is 0 Å². The van der Waals surface area contributed by atoms with E-state index in [0.29, 0.717) is 25.9 Å². The highest BCUT2D eigenvalue weighted by Gasteiger charge is 2.38. The second-order valence-electron chi connectivity index (χ2n) is 10.8. The first-order valence-electron chi connectivity index (χ1n) is 13.8. The van der Waals surface area contributed by atoms with E-state index in [0.717, 1.165) is 24.4 Å². The standard InChI is InChI=1S/C30H34F2N4O4S/c1-20-5-4-6-26(17-20)36-16-15-34(19-21(36)2)30(37)24-11-13-35(14-12-24)41(38,39)29-22(3)33-40-28(29)10-8-23-7-9-25(31)18-27(23)32/h4-10,17-18,21,24H,11-16,19H2,1-3H3. The molecule has 41 heavy (non-hydrogen) atoms. The first-order valence-corrected chi connectivity index (χ1v) is 15.2. The number of hydrogen-bond acceptors (Lipinski definition) is 6. The molecule has 11 heteroatoms. The van der Waals surface area contributed by atoms with Crippen LogP contribution in [0.4, 0.5) is 14.5 Å². The number of piperidine rings is 1. The summed E-state index contributed by atoms with van der Waals surface area (Å²) in [6, 6.07) is 11.6. The number of halogens is 2. The first-order chi connectivity index (χ1) is 19.5. The lowest BCUT2D eigenvalue weighted by atomic mass is 9.95. The lowest BCUT2D eigenvalue weighted by Gasteiger charge is -2.43. The molecule has 2 aliphatic rings. The van der Waals surface area contributed by atoms with Crippen LogP contribution in [0.3, 0.4) is 0 Å². The van der Waals surface area contributed by atoms with Crippen molar-refractivity contribution in [2.75, 3.05) is 37.6 Å². The van der Waals surface area contributed by atoms with Crippen LogP contribution in [0.25, 0.3) is 12.2 Å². The van der Waals surface area contributed by atoms with Gasteiger partial charge in [-0.2, -0.15) is 4.31 Å². The van der Waals surface area contributed by atoms with Crippen LogP contribution in [0.2, 0.25) is 0 Å². The van der Waals surface area contributed by atoms with Gasteiger partial charge in [0.15, 0.2) is 10.7 Å². The van der Waals surface area contributed by atoms with Crippen molar-refractivity contribution >= 4 is 33.8 Å². The number of nitrogens with zero attached hydrogens (tertiary/aromatic N) is 4. The summed E-state index contributed by atoms with van der Waals surface area (Å²) >= 11 is 0. The summed E-state index contributed by atoms with van der Waals surface area (Å²) in [4.78, 5) is 17.5. The van der Waals surface area contributed by atoms with Gasteiger partial charge in [-0.3, -0.25) is 4.79 Å². The normalized spacial score (nSPS) is 19.3. The molecule has 5 rings (SSSR count). The molecule has 0 radical (unpaired) electrons. The zero-order valence-electron chi connectivity index (χ0n) is 23.4. The molecular formula is C30H34F2N4O4S. The minimum absolute atomic E-state index is 0.0371. The highest BCUT2D eigenvalue weighted by molar-refractivity contribution is 7.89. The van der Waals surface area contributed by atoms with Gasteiger partial charge in [0, 0.05) is 62.0 Å². The van der Waals surface area contributed by atoms with Gasteiger partial charge in [0.2, 0.25) is 15.9 Å². The topological polar surface area (TPSA) is 87.0 Å². The number of benzene rings is 2. The summed E-state index contributed by atoms with van der Waals surface area (Å²) in [6.45, 7) is 8.09. The lowest BCUT2D eigenvalue weighted by molar-refractivity contribution is -0.137. The van der Waals surface area contributed by atoms with E-state index in [2.05, 4.69) is 42.1 Å². The third-order valence-electron chi connectivity index (χ3n) is 7.88. The van der Waals surface area contributed by atoms with Gasteiger partial charge in [0.05, 0.1) is 0 Å². The predicted molar refractivity (Wildman–Crippen MR) is 153 cm³/mol. The van der Waals surface area contributed by atoms with E-state index in [1.807, 2.05) is 11.0 Å². The van der Waals surface area contributed by atoms with Crippen molar-refractivity contribution in [1.29, 1.82) is 0 Å². The minimum Gasteiger partial charge on any atom is -0.365 e. The number of rotatable bonds is 6. The molecule has 0 bridgehead atoms. The van der Waals surface area contributed by atoms with E-state index in [-0.39, 0.29) is 52.9 Å². The van der Waals surface area contributed by atoms with Crippen LogP contribution < -0.4 is 4.90 Å². The number of piperazine rings is 1. The van der Waals surface area contributed by atoms with Gasteiger partial charge in [0.1, 0.15) is 17.3 Å². The third-order valence-corrected chi connectivity index (χ3v) is 9.94. The minimum atomic E-state index is -3.98. The van der Waals surface area contributed by atoms with Crippen LogP contribution in [0.15, 0.2) is 51.9 Å². The van der Waals surface area contributed by atoms with E-state index >= 15 is 0 Å². The van der Waals surface area contributed by atoms with Gasteiger partial charge in [-0.05, 0) is 75.6 Å².